The molecule has 1 aliphatic rings. The number of nitrogens with one attached hydrogen (secondary N) is 2. The number of anilines is 2. The van der Waals surface area contributed by atoms with Crippen molar-refractivity contribution >= 4 is 34.1 Å². The van der Waals surface area contributed by atoms with E-state index in [9.17, 15) is 21.6 Å². The standard InChI is InChI=1S/C30H30F4N6O3S.ClH/c1-40(2)24-11-10-19(15-21(24)31)37-30-36-14-12-23(38-30)20-9-6-13-35-29(20)43-25-16-22(32)28(27(34)26(25)33)39-44(41,42)17-18-7-4-3-5-8-18;/h3-9,12-14,16,19,21,24,39H,10-11,15,17H2,1-2H3,(H,36,37,38);1H. The summed E-state index contributed by atoms with van der Waals surface area (Å²) in [6, 6.07) is 12.8. The van der Waals surface area contributed by atoms with E-state index in [2.05, 4.69) is 20.3 Å². The Morgan fingerprint density at radius 3 is 2.44 bits per heavy atom. The first-order valence-corrected chi connectivity index (χ1v) is 15.4. The number of halogens is 5. The van der Waals surface area contributed by atoms with Crippen LogP contribution in [0, 0.1) is 17.5 Å². The van der Waals surface area contributed by atoms with Crippen molar-refractivity contribution < 1.29 is 30.7 Å². The van der Waals surface area contributed by atoms with Gasteiger partial charge in [0.2, 0.25) is 27.7 Å². The molecule has 240 valence electrons. The number of ether oxygens (including phenoxy) is 1. The third-order valence-corrected chi connectivity index (χ3v) is 8.45. The molecule has 0 saturated heterocycles. The molecular weight excluding hydrogens is 636 g/mol. The van der Waals surface area contributed by atoms with Crippen LogP contribution in [0.2, 0.25) is 0 Å². The van der Waals surface area contributed by atoms with E-state index in [-0.39, 0.29) is 48.3 Å². The first-order chi connectivity index (χ1) is 21.0. The van der Waals surface area contributed by atoms with Gasteiger partial charge in [-0.3, -0.25) is 4.72 Å². The quantitative estimate of drug-likeness (QED) is 0.149. The molecule has 1 saturated carbocycles. The maximum absolute atomic E-state index is 15.1. The van der Waals surface area contributed by atoms with E-state index in [1.807, 2.05) is 19.0 Å². The SMILES string of the molecule is CN(C)C1CCC(Nc2nccc(-c3cccnc3Oc3cc(F)c(NS(=O)(=O)Cc4ccccc4)c(F)c3F)n2)CC1F.Cl. The van der Waals surface area contributed by atoms with Crippen LogP contribution < -0.4 is 14.8 Å². The van der Waals surface area contributed by atoms with Gasteiger partial charge in [-0.05, 0) is 50.7 Å². The summed E-state index contributed by atoms with van der Waals surface area (Å²) in [6.45, 7) is 0. The molecule has 0 radical (unpaired) electrons. The van der Waals surface area contributed by atoms with E-state index in [0.29, 0.717) is 30.2 Å². The van der Waals surface area contributed by atoms with Crippen LogP contribution in [0.3, 0.4) is 0 Å². The molecule has 9 nitrogen and oxygen atoms in total. The molecule has 1 fully saturated rings. The normalized spacial score (nSPS) is 18.2. The predicted octanol–water partition coefficient (Wildman–Crippen LogP) is 6.34. The van der Waals surface area contributed by atoms with Crippen LogP contribution in [-0.2, 0) is 15.8 Å². The molecular formula is C30H31ClF4N6O3S. The second-order valence-corrected chi connectivity index (χ2v) is 12.4. The van der Waals surface area contributed by atoms with Crippen molar-refractivity contribution in [2.24, 2.45) is 0 Å². The van der Waals surface area contributed by atoms with E-state index < -0.39 is 50.8 Å². The Hall–Kier alpha value is -4.01. The first-order valence-electron chi connectivity index (χ1n) is 13.8. The van der Waals surface area contributed by atoms with Gasteiger partial charge in [-0.2, -0.15) is 4.39 Å². The summed E-state index contributed by atoms with van der Waals surface area (Å²) in [4.78, 5) is 14.6. The van der Waals surface area contributed by atoms with Gasteiger partial charge in [0.05, 0.1) is 17.0 Å². The Morgan fingerprint density at radius 2 is 1.73 bits per heavy atom. The third-order valence-electron chi connectivity index (χ3n) is 7.23. The van der Waals surface area contributed by atoms with Gasteiger partial charge in [0.1, 0.15) is 11.9 Å². The van der Waals surface area contributed by atoms with Gasteiger partial charge in [-0.1, -0.05) is 30.3 Å². The van der Waals surface area contributed by atoms with Gasteiger partial charge in [0.25, 0.3) is 0 Å². The van der Waals surface area contributed by atoms with Crippen LogP contribution in [0.1, 0.15) is 24.8 Å². The predicted molar refractivity (Wildman–Crippen MR) is 165 cm³/mol. The summed E-state index contributed by atoms with van der Waals surface area (Å²) in [5.74, 6) is -6.22. The van der Waals surface area contributed by atoms with Gasteiger partial charge in [-0.15, -0.1) is 12.4 Å². The molecule has 2 aromatic heterocycles. The van der Waals surface area contributed by atoms with Gasteiger partial charge in [-0.25, -0.2) is 36.5 Å². The first kappa shape index (κ1) is 33.9. The Labute approximate surface area is 264 Å². The monoisotopic (exact) mass is 666 g/mol. The highest BCUT2D eigenvalue weighted by molar-refractivity contribution is 7.91. The van der Waals surface area contributed by atoms with E-state index >= 15 is 4.39 Å². The second-order valence-electron chi connectivity index (χ2n) is 10.6. The van der Waals surface area contributed by atoms with Crippen LogP contribution in [0.5, 0.6) is 11.6 Å². The lowest BCUT2D eigenvalue weighted by Gasteiger charge is -2.35. The molecule has 4 aromatic rings. The van der Waals surface area contributed by atoms with E-state index in [1.54, 1.807) is 35.1 Å². The van der Waals surface area contributed by atoms with Crippen LogP contribution in [0.15, 0.2) is 67.0 Å². The fourth-order valence-electron chi connectivity index (χ4n) is 5.07. The van der Waals surface area contributed by atoms with E-state index in [0.717, 1.165) is 0 Å². The molecule has 45 heavy (non-hydrogen) atoms. The van der Waals surface area contributed by atoms with E-state index in [4.69, 9.17) is 4.74 Å². The third kappa shape index (κ3) is 8.18. The Morgan fingerprint density at radius 1 is 0.978 bits per heavy atom. The molecule has 3 unspecified atom stereocenters. The highest BCUT2D eigenvalue weighted by Gasteiger charge is 2.32. The molecule has 0 amide bonds. The number of aromatic nitrogens is 3. The van der Waals surface area contributed by atoms with Crippen molar-refractivity contribution in [2.45, 2.75) is 43.3 Å². The minimum absolute atomic E-state index is 0. The maximum atomic E-state index is 15.1. The van der Waals surface area contributed by atoms with Crippen LogP contribution in [0.4, 0.5) is 29.2 Å². The topological polar surface area (TPSA) is 109 Å². The Bertz CT molecular complexity index is 1740. The smallest absolute Gasteiger partial charge is 0.237 e. The number of hydrogen-bond acceptors (Lipinski definition) is 8. The molecule has 0 spiro atoms. The lowest BCUT2D eigenvalue weighted by atomic mass is 9.89. The molecule has 0 bridgehead atoms. The zero-order valence-corrected chi connectivity index (χ0v) is 25.9. The maximum Gasteiger partial charge on any atom is 0.237 e. The van der Waals surface area contributed by atoms with Gasteiger partial charge >= 0.3 is 0 Å². The number of pyridine rings is 1. The highest BCUT2D eigenvalue weighted by Crippen LogP contribution is 2.36. The van der Waals surface area contributed by atoms with Crippen molar-refractivity contribution in [3.05, 3.63) is 90.0 Å². The zero-order valence-electron chi connectivity index (χ0n) is 24.3. The van der Waals surface area contributed by atoms with Gasteiger partial charge in [0.15, 0.2) is 17.4 Å². The van der Waals surface area contributed by atoms with Crippen molar-refractivity contribution in [3.63, 3.8) is 0 Å². The van der Waals surface area contributed by atoms with Crippen molar-refractivity contribution in [1.82, 2.24) is 19.9 Å². The number of alkyl halides is 1. The lowest BCUT2D eigenvalue weighted by molar-refractivity contribution is 0.109. The number of benzene rings is 2. The molecule has 2 aromatic carbocycles. The van der Waals surface area contributed by atoms with Crippen LogP contribution in [0.25, 0.3) is 11.3 Å². The molecule has 2 N–H and O–H groups in total. The Balaban J connectivity index is 0.00000461. The fourth-order valence-corrected chi connectivity index (χ4v) is 6.27. The van der Waals surface area contributed by atoms with Gasteiger partial charge < -0.3 is 15.0 Å². The zero-order chi connectivity index (χ0) is 31.4. The summed E-state index contributed by atoms with van der Waals surface area (Å²) in [7, 11) is -0.582. The number of hydrogen-bond donors (Lipinski definition) is 2. The molecule has 2 heterocycles. The molecule has 15 heteroatoms. The summed E-state index contributed by atoms with van der Waals surface area (Å²) in [5.41, 5.74) is -0.245. The molecule has 0 aliphatic heterocycles. The van der Waals surface area contributed by atoms with Crippen molar-refractivity contribution in [3.8, 4) is 22.9 Å². The number of rotatable bonds is 10. The molecule has 3 atom stereocenters. The summed E-state index contributed by atoms with van der Waals surface area (Å²) in [5, 5.41) is 3.16. The average Bonchev–Trinajstić information content (AvgIpc) is 2.98. The summed E-state index contributed by atoms with van der Waals surface area (Å²) >= 11 is 0. The molecule has 5 rings (SSSR count). The van der Waals surface area contributed by atoms with E-state index in [1.165, 1.54) is 30.6 Å². The minimum atomic E-state index is -4.28. The van der Waals surface area contributed by atoms with Crippen molar-refractivity contribution in [1.29, 1.82) is 0 Å². The van der Waals surface area contributed by atoms with Crippen LogP contribution >= 0.6 is 12.4 Å². The fraction of sp³-hybridized carbons (Fsp3) is 0.300. The van der Waals surface area contributed by atoms with Crippen LogP contribution in [-0.4, -0.2) is 60.6 Å². The highest BCUT2D eigenvalue weighted by atomic mass is 35.5. The second kappa shape index (κ2) is 14.4. The number of nitrogens with zero attached hydrogens (tertiary/aromatic N) is 4. The van der Waals surface area contributed by atoms with Gasteiger partial charge in [0, 0.05) is 37.0 Å². The number of sulfonamides is 1. The Kier molecular flexibility index (Phi) is 10.8. The largest absolute Gasteiger partial charge is 0.435 e. The summed E-state index contributed by atoms with van der Waals surface area (Å²) < 4.78 is 92.1. The average molecular weight is 667 g/mol. The molecule has 1 aliphatic carbocycles. The summed E-state index contributed by atoms with van der Waals surface area (Å²) in [6.07, 6.45) is 3.45. The van der Waals surface area contributed by atoms with Crippen molar-refractivity contribution in [2.75, 3.05) is 24.1 Å². The minimum Gasteiger partial charge on any atom is -0.435 e. The lowest BCUT2D eigenvalue weighted by Crippen LogP contribution is -2.44.